The SMILES string of the molecule is Nc1cncc(C(=O)N=c2nc3ccccc3c3n2CCN3)c1. The number of hydrogen-bond donors (Lipinski definition) is 2. The summed E-state index contributed by atoms with van der Waals surface area (Å²) in [6.07, 6.45) is 2.94. The lowest BCUT2D eigenvalue weighted by Gasteiger charge is -2.07. The maximum Gasteiger partial charge on any atom is 0.281 e. The Kier molecular flexibility index (Phi) is 3.04. The molecule has 3 N–H and O–H groups in total. The lowest BCUT2D eigenvalue weighted by atomic mass is 10.2. The van der Waals surface area contributed by atoms with Gasteiger partial charge in [0.2, 0.25) is 5.62 Å². The molecule has 3 heterocycles. The van der Waals surface area contributed by atoms with Crippen LogP contribution in [-0.2, 0) is 6.54 Å². The number of nitrogens with zero attached hydrogens (tertiary/aromatic N) is 4. The molecule has 1 aromatic carbocycles. The second kappa shape index (κ2) is 5.20. The number of anilines is 2. The zero-order valence-electron chi connectivity index (χ0n) is 12.2. The van der Waals surface area contributed by atoms with E-state index >= 15 is 0 Å². The fourth-order valence-electron chi connectivity index (χ4n) is 2.69. The van der Waals surface area contributed by atoms with E-state index in [1.807, 2.05) is 28.8 Å². The summed E-state index contributed by atoms with van der Waals surface area (Å²) >= 11 is 0. The van der Waals surface area contributed by atoms with Crippen LogP contribution in [0.3, 0.4) is 0 Å². The number of nitrogen functional groups attached to an aromatic ring is 1. The average molecular weight is 306 g/mol. The topological polar surface area (TPSA) is 98.2 Å². The third-order valence-electron chi connectivity index (χ3n) is 3.73. The van der Waals surface area contributed by atoms with Crippen molar-refractivity contribution in [3.63, 3.8) is 0 Å². The molecule has 0 saturated heterocycles. The molecule has 23 heavy (non-hydrogen) atoms. The second-order valence-corrected chi connectivity index (χ2v) is 5.28. The van der Waals surface area contributed by atoms with Crippen molar-refractivity contribution in [1.82, 2.24) is 14.5 Å². The van der Waals surface area contributed by atoms with E-state index in [4.69, 9.17) is 5.73 Å². The lowest BCUT2D eigenvalue weighted by molar-refractivity contribution is 0.0996. The van der Waals surface area contributed by atoms with Gasteiger partial charge in [0.15, 0.2) is 0 Å². The summed E-state index contributed by atoms with van der Waals surface area (Å²) < 4.78 is 1.92. The number of benzene rings is 1. The Labute approximate surface area is 131 Å². The molecule has 114 valence electrons. The molecule has 0 aliphatic carbocycles. The summed E-state index contributed by atoms with van der Waals surface area (Å²) in [4.78, 5) is 25.0. The minimum absolute atomic E-state index is 0.347. The van der Waals surface area contributed by atoms with Crippen LogP contribution in [0.25, 0.3) is 10.9 Å². The number of nitrogens with one attached hydrogen (secondary N) is 1. The Balaban J connectivity index is 1.90. The van der Waals surface area contributed by atoms with Crippen molar-refractivity contribution in [3.8, 4) is 0 Å². The van der Waals surface area contributed by atoms with Crippen LogP contribution < -0.4 is 16.7 Å². The van der Waals surface area contributed by atoms with E-state index in [0.717, 1.165) is 23.3 Å². The van der Waals surface area contributed by atoms with Crippen molar-refractivity contribution in [2.45, 2.75) is 6.54 Å². The summed E-state index contributed by atoms with van der Waals surface area (Å²) in [5.41, 5.74) is 7.62. The number of aromatic nitrogens is 3. The molecule has 3 aromatic rings. The van der Waals surface area contributed by atoms with Crippen LogP contribution in [0.15, 0.2) is 47.7 Å². The molecule has 2 aromatic heterocycles. The number of hydrogen-bond acceptors (Lipinski definition) is 5. The first-order valence-electron chi connectivity index (χ1n) is 7.25. The van der Waals surface area contributed by atoms with Crippen LogP contribution >= 0.6 is 0 Å². The van der Waals surface area contributed by atoms with E-state index in [2.05, 4.69) is 20.3 Å². The molecular weight excluding hydrogens is 292 g/mol. The molecule has 7 nitrogen and oxygen atoms in total. The number of para-hydroxylation sites is 1. The number of pyridine rings is 1. The Morgan fingerprint density at radius 3 is 3.04 bits per heavy atom. The molecule has 0 bridgehead atoms. The second-order valence-electron chi connectivity index (χ2n) is 5.28. The molecule has 1 aliphatic rings. The zero-order chi connectivity index (χ0) is 15.8. The van der Waals surface area contributed by atoms with Gasteiger partial charge in [-0.25, -0.2) is 4.98 Å². The number of rotatable bonds is 1. The smallest absolute Gasteiger partial charge is 0.281 e. The fourth-order valence-corrected chi connectivity index (χ4v) is 2.69. The molecular formula is C16H14N6O. The maximum atomic E-state index is 12.4. The van der Waals surface area contributed by atoms with Crippen LogP contribution in [0.1, 0.15) is 10.4 Å². The van der Waals surface area contributed by atoms with E-state index < -0.39 is 5.91 Å². The zero-order valence-corrected chi connectivity index (χ0v) is 12.2. The van der Waals surface area contributed by atoms with Gasteiger partial charge >= 0.3 is 0 Å². The lowest BCUT2D eigenvalue weighted by Crippen LogP contribution is -2.24. The van der Waals surface area contributed by atoms with Crippen LogP contribution in [-0.4, -0.2) is 27.0 Å². The first kappa shape index (κ1) is 13.4. The largest absolute Gasteiger partial charge is 0.397 e. The summed E-state index contributed by atoms with van der Waals surface area (Å²) in [5, 5.41) is 4.34. The molecule has 4 rings (SSSR count). The van der Waals surface area contributed by atoms with Gasteiger partial charge in [0.25, 0.3) is 5.91 Å². The summed E-state index contributed by atoms with van der Waals surface area (Å²) in [6, 6.07) is 9.34. The first-order valence-corrected chi connectivity index (χ1v) is 7.25. The van der Waals surface area contributed by atoms with E-state index in [1.54, 1.807) is 6.07 Å². The van der Waals surface area contributed by atoms with Gasteiger partial charge in [0.1, 0.15) is 5.82 Å². The summed E-state index contributed by atoms with van der Waals surface area (Å²) in [6.45, 7) is 1.50. The molecule has 0 radical (unpaired) electrons. The van der Waals surface area contributed by atoms with Crippen molar-refractivity contribution >= 4 is 28.3 Å². The highest BCUT2D eigenvalue weighted by Gasteiger charge is 2.15. The predicted octanol–water partition coefficient (Wildman–Crippen LogP) is 1.18. The van der Waals surface area contributed by atoms with Gasteiger partial charge in [-0.3, -0.25) is 14.3 Å². The van der Waals surface area contributed by atoms with Crippen molar-refractivity contribution in [1.29, 1.82) is 0 Å². The van der Waals surface area contributed by atoms with Crippen LogP contribution in [0.2, 0.25) is 0 Å². The Morgan fingerprint density at radius 2 is 2.17 bits per heavy atom. The molecule has 0 saturated carbocycles. The van der Waals surface area contributed by atoms with Crippen LogP contribution in [0.4, 0.5) is 11.5 Å². The maximum absolute atomic E-state index is 12.4. The Bertz CT molecular complexity index is 991. The molecule has 0 spiro atoms. The monoisotopic (exact) mass is 306 g/mol. The molecule has 0 atom stereocenters. The average Bonchev–Trinajstić information content (AvgIpc) is 3.05. The van der Waals surface area contributed by atoms with Gasteiger partial charge in [-0.1, -0.05) is 12.1 Å². The highest BCUT2D eigenvalue weighted by molar-refractivity contribution is 5.95. The minimum Gasteiger partial charge on any atom is -0.397 e. The van der Waals surface area contributed by atoms with E-state index in [1.165, 1.54) is 12.4 Å². The minimum atomic E-state index is -0.408. The first-order chi connectivity index (χ1) is 11.2. The third kappa shape index (κ3) is 2.32. The quantitative estimate of drug-likeness (QED) is 0.703. The number of nitrogens with two attached hydrogens (primary N) is 1. The normalized spacial score (nSPS) is 13.8. The Morgan fingerprint density at radius 1 is 1.30 bits per heavy atom. The number of carbonyl (C=O) groups excluding carboxylic acids is 1. The Hall–Kier alpha value is -3.22. The van der Waals surface area contributed by atoms with Crippen LogP contribution in [0, 0.1) is 0 Å². The van der Waals surface area contributed by atoms with Gasteiger partial charge < -0.3 is 11.1 Å². The highest BCUT2D eigenvalue weighted by atomic mass is 16.1. The fraction of sp³-hybridized carbons (Fsp3) is 0.125. The van der Waals surface area contributed by atoms with Crippen LogP contribution in [0.5, 0.6) is 0 Å². The van der Waals surface area contributed by atoms with Gasteiger partial charge in [-0.2, -0.15) is 4.99 Å². The molecule has 0 fully saturated rings. The van der Waals surface area contributed by atoms with Gasteiger partial charge in [0, 0.05) is 30.9 Å². The van der Waals surface area contributed by atoms with E-state index in [0.29, 0.717) is 23.4 Å². The standard InChI is InChI=1S/C16H14N6O/c17-11-7-10(8-18-9-11)15(23)21-16-20-13-4-2-1-3-12(13)14-19-5-6-22(14)16/h1-4,7-9,19H,5-6,17H2. The number of carbonyl (C=O) groups is 1. The van der Waals surface area contributed by atoms with Crippen molar-refractivity contribution in [2.75, 3.05) is 17.6 Å². The summed E-state index contributed by atoms with van der Waals surface area (Å²) in [7, 11) is 0. The van der Waals surface area contributed by atoms with E-state index in [9.17, 15) is 4.79 Å². The molecule has 1 aliphatic heterocycles. The number of fused-ring (bicyclic) bond motifs is 3. The van der Waals surface area contributed by atoms with Gasteiger partial charge in [-0.15, -0.1) is 0 Å². The number of amides is 1. The van der Waals surface area contributed by atoms with Gasteiger partial charge in [-0.05, 0) is 18.2 Å². The van der Waals surface area contributed by atoms with E-state index in [-0.39, 0.29) is 0 Å². The van der Waals surface area contributed by atoms with Crippen molar-refractivity contribution < 1.29 is 4.79 Å². The van der Waals surface area contributed by atoms with Crippen molar-refractivity contribution in [3.05, 3.63) is 53.9 Å². The van der Waals surface area contributed by atoms with Gasteiger partial charge in [0.05, 0.1) is 16.8 Å². The highest BCUT2D eigenvalue weighted by Crippen LogP contribution is 2.22. The molecule has 1 amide bonds. The molecule has 0 unspecified atom stereocenters. The third-order valence-corrected chi connectivity index (χ3v) is 3.73. The molecule has 7 heteroatoms. The van der Waals surface area contributed by atoms with Crippen molar-refractivity contribution in [2.24, 2.45) is 4.99 Å². The predicted molar refractivity (Wildman–Crippen MR) is 86.8 cm³/mol. The summed E-state index contributed by atoms with van der Waals surface area (Å²) in [5.74, 6) is 0.530.